The van der Waals surface area contributed by atoms with Crippen molar-refractivity contribution in [1.29, 1.82) is 0 Å². The van der Waals surface area contributed by atoms with Crippen molar-refractivity contribution in [3.8, 4) is 0 Å². The van der Waals surface area contributed by atoms with Crippen molar-refractivity contribution < 1.29 is 9.90 Å². The van der Waals surface area contributed by atoms with Crippen LogP contribution in [0.25, 0.3) is 0 Å². The molecule has 0 aliphatic heterocycles. The normalized spacial score (nSPS) is 11.9. The van der Waals surface area contributed by atoms with Gasteiger partial charge in [0.25, 0.3) is 0 Å². The lowest BCUT2D eigenvalue weighted by Crippen LogP contribution is -2.20. The van der Waals surface area contributed by atoms with E-state index in [9.17, 15) is 9.90 Å². The number of rotatable bonds is 4. The molecule has 0 spiro atoms. The van der Waals surface area contributed by atoms with Gasteiger partial charge < -0.3 is 10.4 Å². The molecule has 2 N–H and O–H groups in total. The van der Waals surface area contributed by atoms with E-state index in [0.29, 0.717) is 5.56 Å². The van der Waals surface area contributed by atoms with Crippen LogP contribution in [-0.2, 0) is 4.79 Å². The fourth-order valence-corrected chi connectivity index (χ4v) is 2.51. The first-order valence-corrected chi connectivity index (χ1v) is 7.57. The largest absolute Gasteiger partial charge is 0.479 e. The Bertz CT molecular complexity index is 644. The van der Waals surface area contributed by atoms with Crippen molar-refractivity contribution in [2.45, 2.75) is 13.0 Å². The van der Waals surface area contributed by atoms with Gasteiger partial charge in [-0.1, -0.05) is 40.2 Å². The van der Waals surface area contributed by atoms with Crippen LogP contribution in [0.3, 0.4) is 0 Å². The minimum absolute atomic E-state index is 0.717. The SMILES string of the molecule is Cc1cc(C(Nc2ccccc2Br)C(=O)O)ccc1Br. The zero-order valence-electron chi connectivity index (χ0n) is 10.7. The molecule has 2 aromatic carbocycles. The molecule has 1 atom stereocenters. The molecule has 20 heavy (non-hydrogen) atoms. The van der Waals surface area contributed by atoms with Crippen LogP contribution in [0.2, 0.25) is 0 Å². The molecule has 5 heteroatoms. The maximum absolute atomic E-state index is 11.5. The second-order valence-corrected chi connectivity index (χ2v) is 6.11. The van der Waals surface area contributed by atoms with Gasteiger partial charge in [-0.2, -0.15) is 0 Å². The number of benzene rings is 2. The first kappa shape index (κ1) is 15.1. The lowest BCUT2D eigenvalue weighted by molar-refractivity contribution is -0.138. The zero-order valence-corrected chi connectivity index (χ0v) is 13.9. The van der Waals surface area contributed by atoms with E-state index in [4.69, 9.17) is 0 Å². The molecule has 0 radical (unpaired) electrons. The third-order valence-electron chi connectivity index (χ3n) is 2.94. The van der Waals surface area contributed by atoms with Gasteiger partial charge in [0.15, 0.2) is 6.04 Å². The number of para-hydroxylation sites is 1. The molecule has 0 aliphatic rings. The van der Waals surface area contributed by atoms with Gasteiger partial charge >= 0.3 is 5.97 Å². The molecule has 0 amide bonds. The summed E-state index contributed by atoms with van der Waals surface area (Å²) in [5, 5.41) is 12.5. The minimum atomic E-state index is -0.914. The van der Waals surface area contributed by atoms with Gasteiger partial charge in [-0.3, -0.25) is 0 Å². The molecule has 104 valence electrons. The average Bonchev–Trinajstić information content (AvgIpc) is 2.41. The highest BCUT2D eigenvalue weighted by atomic mass is 79.9. The molecule has 3 nitrogen and oxygen atoms in total. The number of aryl methyl sites for hydroxylation is 1. The number of nitrogens with one attached hydrogen (secondary N) is 1. The van der Waals surface area contributed by atoms with Crippen LogP contribution in [-0.4, -0.2) is 11.1 Å². The van der Waals surface area contributed by atoms with Crippen LogP contribution < -0.4 is 5.32 Å². The first-order valence-electron chi connectivity index (χ1n) is 5.99. The Morgan fingerprint density at radius 2 is 1.85 bits per heavy atom. The summed E-state index contributed by atoms with van der Waals surface area (Å²) in [5.41, 5.74) is 2.47. The summed E-state index contributed by atoms with van der Waals surface area (Å²) in [6.45, 7) is 1.94. The number of carbonyl (C=O) groups is 1. The second-order valence-electron chi connectivity index (χ2n) is 4.40. The summed E-state index contributed by atoms with van der Waals surface area (Å²) in [6, 6.07) is 12.2. The molecular weight excluding hydrogens is 386 g/mol. The van der Waals surface area contributed by atoms with Gasteiger partial charge in [0, 0.05) is 14.6 Å². The van der Waals surface area contributed by atoms with E-state index in [1.165, 1.54) is 0 Å². The minimum Gasteiger partial charge on any atom is -0.479 e. The zero-order chi connectivity index (χ0) is 14.7. The number of hydrogen-bond donors (Lipinski definition) is 2. The summed E-state index contributed by atoms with van der Waals surface area (Å²) >= 11 is 6.83. The molecule has 0 fully saturated rings. The molecule has 0 aromatic heterocycles. The van der Waals surface area contributed by atoms with Gasteiger partial charge in [0.2, 0.25) is 0 Å². The molecule has 0 bridgehead atoms. The van der Waals surface area contributed by atoms with E-state index >= 15 is 0 Å². The maximum atomic E-state index is 11.5. The number of carboxylic acid groups (broad SMARTS) is 1. The van der Waals surface area contributed by atoms with E-state index in [-0.39, 0.29) is 0 Å². The van der Waals surface area contributed by atoms with Crippen LogP contribution in [0.4, 0.5) is 5.69 Å². The summed E-state index contributed by atoms with van der Waals surface area (Å²) < 4.78 is 1.80. The van der Waals surface area contributed by atoms with Gasteiger partial charge in [-0.05, 0) is 52.2 Å². The van der Waals surface area contributed by atoms with Crippen molar-refractivity contribution in [2.75, 3.05) is 5.32 Å². The summed E-state index contributed by atoms with van der Waals surface area (Å²) in [5.74, 6) is -0.914. The van der Waals surface area contributed by atoms with E-state index in [1.807, 2.05) is 43.3 Å². The molecule has 2 aromatic rings. The molecule has 0 saturated carbocycles. The highest BCUT2D eigenvalue weighted by Gasteiger charge is 2.20. The fraction of sp³-hybridized carbons (Fsp3) is 0.133. The molecule has 0 heterocycles. The number of anilines is 1. The summed E-state index contributed by atoms with van der Waals surface area (Å²) in [6.07, 6.45) is 0. The van der Waals surface area contributed by atoms with Crippen LogP contribution in [0.15, 0.2) is 51.4 Å². The average molecular weight is 399 g/mol. The van der Waals surface area contributed by atoms with Crippen molar-refractivity contribution in [3.05, 3.63) is 62.5 Å². The second kappa shape index (κ2) is 6.41. The molecule has 0 saturated heterocycles. The first-order chi connectivity index (χ1) is 9.49. The Balaban J connectivity index is 2.34. The number of aliphatic carboxylic acids is 1. The topological polar surface area (TPSA) is 49.3 Å². The Hall–Kier alpha value is -1.33. The number of halogens is 2. The quantitative estimate of drug-likeness (QED) is 0.780. The Kier molecular flexibility index (Phi) is 4.83. The van der Waals surface area contributed by atoms with Gasteiger partial charge in [-0.15, -0.1) is 0 Å². The lowest BCUT2D eigenvalue weighted by Gasteiger charge is -2.18. The molecule has 1 unspecified atom stereocenters. The Morgan fingerprint density at radius 1 is 1.15 bits per heavy atom. The van der Waals surface area contributed by atoms with Crippen LogP contribution in [0, 0.1) is 6.92 Å². The van der Waals surface area contributed by atoms with Crippen molar-refractivity contribution in [3.63, 3.8) is 0 Å². The molecule has 2 rings (SSSR count). The Labute approximate surface area is 134 Å². The predicted octanol–water partition coefficient (Wildman–Crippen LogP) is 4.76. The van der Waals surface area contributed by atoms with Crippen molar-refractivity contribution in [2.24, 2.45) is 0 Å². The fourth-order valence-electron chi connectivity index (χ4n) is 1.87. The van der Waals surface area contributed by atoms with Crippen molar-refractivity contribution in [1.82, 2.24) is 0 Å². The van der Waals surface area contributed by atoms with Crippen LogP contribution >= 0.6 is 31.9 Å². The highest BCUT2D eigenvalue weighted by molar-refractivity contribution is 9.10. The third kappa shape index (κ3) is 3.41. The van der Waals surface area contributed by atoms with Crippen LogP contribution in [0.5, 0.6) is 0 Å². The third-order valence-corrected chi connectivity index (χ3v) is 4.52. The smallest absolute Gasteiger partial charge is 0.330 e. The molecule has 0 aliphatic carbocycles. The monoisotopic (exact) mass is 397 g/mol. The lowest BCUT2D eigenvalue weighted by atomic mass is 10.0. The Morgan fingerprint density at radius 3 is 2.45 bits per heavy atom. The standard InChI is InChI=1S/C15H13Br2NO2/c1-9-8-10(6-7-11(9)16)14(15(19)20)18-13-5-3-2-4-12(13)17/h2-8,14,18H,1H3,(H,19,20). The highest BCUT2D eigenvalue weighted by Crippen LogP contribution is 2.28. The maximum Gasteiger partial charge on any atom is 0.330 e. The van der Waals surface area contributed by atoms with Gasteiger partial charge in [0.1, 0.15) is 0 Å². The summed E-state index contributed by atoms with van der Waals surface area (Å²) in [4.78, 5) is 11.5. The van der Waals surface area contributed by atoms with Crippen LogP contribution in [0.1, 0.15) is 17.2 Å². The number of hydrogen-bond acceptors (Lipinski definition) is 2. The van der Waals surface area contributed by atoms with E-state index in [2.05, 4.69) is 37.2 Å². The summed E-state index contributed by atoms with van der Waals surface area (Å²) in [7, 11) is 0. The van der Waals surface area contributed by atoms with Gasteiger partial charge in [0.05, 0.1) is 0 Å². The van der Waals surface area contributed by atoms with Gasteiger partial charge in [-0.25, -0.2) is 4.79 Å². The van der Waals surface area contributed by atoms with Crippen molar-refractivity contribution >= 4 is 43.5 Å². The van der Waals surface area contributed by atoms with E-state index < -0.39 is 12.0 Å². The predicted molar refractivity (Wildman–Crippen MR) is 87.0 cm³/mol. The molecular formula is C15H13Br2NO2. The number of carboxylic acids is 1. The van der Waals surface area contributed by atoms with E-state index in [0.717, 1.165) is 20.2 Å². The van der Waals surface area contributed by atoms with E-state index in [1.54, 1.807) is 6.07 Å².